The van der Waals surface area contributed by atoms with Crippen LogP contribution in [0.25, 0.3) is 5.82 Å². The third kappa shape index (κ3) is 4.60. The van der Waals surface area contributed by atoms with Gasteiger partial charge in [0.1, 0.15) is 5.82 Å². The molecule has 4 rings (SSSR count). The molecule has 0 aliphatic carbocycles. The first-order valence-electron chi connectivity index (χ1n) is 10.2. The van der Waals surface area contributed by atoms with Crippen LogP contribution in [0, 0.1) is 5.92 Å². The maximum Gasteiger partial charge on any atom is 0.233 e. The number of pyridine rings is 1. The summed E-state index contributed by atoms with van der Waals surface area (Å²) in [6, 6.07) is 5.64. The molecule has 0 unspecified atom stereocenters. The zero-order valence-electron chi connectivity index (χ0n) is 16.7. The molecule has 0 radical (unpaired) electrons. The molecular weight excluding hydrogens is 388 g/mol. The molecular formula is C20H26N6O2S. The minimum absolute atomic E-state index is 0.133. The lowest BCUT2D eigenvalue weighted by Crippen LogP contribution is -2.40. The summed E-state index contributed by atoms with van der Waals surface area (Å²) in [5, 5.41) is 9.27. The van der Waals surface area contributed by atoms with Crippen LogP contribution < -0.4 is 0 Å². The molecule has 2 amide bonds. The predicted octanol–water partition coefficient (Wildman–Crippen LogP) is 2.14. The lowest BCUT2D eigenvalue weighted by atomic mass is 10.0. The van der Waals surface area contributed by atoms with E-state index in [-0.39, 0.29) is 11.8 Å². The van der Waals surface area contributed by atoms with Crippen molar-refractivity contribution in [3.8, 4) is 5.82 Å². The van der Waals surface area contributed by atoms with Gasteiger partial charge in [-0.15, -0.1) is 10.2 Å². The van der Waals surface area contributed by atoms with Crippen LogP contribution in [-0.4, -0.2) is 66.7 Å². The van der Waals surface area contributed by atoms with Crippen molar-refractivity contribution in [1.82, 2.24) is 29.5 Å². The number of carbonyl (C=O) groups excluding carboxylic acids is 2. The van der Waals surface area contributed by atoms with E-state index < -0.39 is 0 Å². The molecule has 0 aromatic carbocycles. The first-order chi connectivity index (χ1) is 14.1. The lowest BCUT2D eigenvalue weighted by molar-refractivity contribution is -0.130. The molecule has 0 saturated carbocycles. The molecule has 2 aromatic heterocycles. The van der Waals surface area contributed by atoms with Gasteiger partial charge in [-0.05, 0) is 37.3 Å². The molecule has 8 nitrogen and oxygen atoms in total. The Hall–Kier alpha value is -2.42. The minimum atomic E-state index is 0.133. The summed E-state index contributed by atoms with van der Waals surface area (Å²) in [5.41, 5.74) is 0. The van der Waals surface area contributed by atoms with Crippen LogP contribution >= 0.6 is 11.8 Å². The largest absolute Gasteiger partial charge is 0.342 e. The quantitative estimate of drug-likeness (QED) is 0.674. The van der Waals surface area contributed by atoms with Gasteiger partial charge in [-0.2, -0.15) is 0 Å². The highest BCUT2D eigenvalue weighted by Crippen LogP contribution is 2.24. The Morgan fingerprint density at radius 3 is 2.86 bits per heavy atom. The van der Waals surface area contributed by atoms with Crippen LogP contribution in [0.4, 0.5) is 0 Å². The van der Waals surface area contributed by atoms with Crippen LogP contribution in [0.2, 0.25) is 0 Å². The van der Waals surface area contributed by atoms with E-state index in [2.05, 4.69) is 22.1 Å². The van der Waals surface area contributed by atoms with E-state index in [0.29, 0.717) is 41.4 Å². The van der Waals surface area contributed by atoms with Gasteiger partial charge < -0.3 is 9.80 Å². The van der Waals surface area contributed by atoms with E-state index in [1.807, 2.05) is 27.7 Å². The number of piperidine rings is 1. The molecule has 154 valence electrons. The first kappa shape index (κ1) is 19.9. The van der Waals surface area contributed by atoms with E-state index in [9.17, 15) is 9.59 Å². The Kier molecular flexibility index (Phi) is 6.13. The van der Waals surface area contributed by atoms with Gasteiger partial charge in [-0.25, -0.2) is 4.98 Å². The van der Waals surface area contributed by atoms with Gasteiger partial charge in [-0.3, -0.25) is 14.2 Å². The molecule has 0 N–H and O–H groups in total. The van der Waals surface area contributed by atoms with Crippen molar-refractivity contribution in [2.24, 2.45) is 5.92 Å². The zero-order valence-corrected chi connectivity index (χ0v) is 17.5. The maximum atomic E-state index is 12.7. The highest BCUT2D eigenvalue weighted by Gasteiger charge is 2.26. The van der Waals surface area contributed by atoms with E-state index in [1.54, 1.807) is 11.1 Å². The summed E-state index contributed by atoms with van der Waals surface area (Å²) in [5.74, 6) is 2.51. The molecule has 2 saturated heterocycles. The fourth-order valence-electron chi connectivity index (χ4n) is 3.89. The van der Waals surface area contributed by atoms with Gasteiger partial charge in [0.05, 0.1) is 12.3 Å². The Morgan fingerprint density at radius 1 is 1.24 bits per heavy atom. The number of aromatic nitrogens is 4. The molecule has 9 heteroatoms. The molecule has 2 aliphatic heterocycles. The van der Waals surface area contributed by atoms with E-state index >= 15 is 0 Å². The number of rotatable bonds is 6. The number of nitrogens with zero attached hydrogens (tertiary/aromatic N) is 6. The number of thioether (sulfide) groups is 1. The van der Waals surface area contributed by atoms with Gasteiger partial charge >= 0.3 is 0 Å². The van der Waals surface area contributed by atoms with Crippen molar-refractivity contribution in [2.45, 2.75) is 44.3 Å². The second-order valence-electron chi connectivity index (χ2n) is 7.72. The Balaban J connectivity index is 1.51. The topological polar surface area (TPSA) is 84.2 Å². The number of carbonyl (C=O) groups is 2. The summed E-state index contributed by atoms with van der Waals surface area (Å²) >= 11 is 1.38. The molecule has 4 heterocycles. The second kappa shape index (κ2) is 8.94. The van der Waals surface area contributed by atoms with Crippen LogP contribution in [0.5, 0.6) is 0 Å². The fourth-order valence-corrected chi connectivity index (χ4v) is 4.75. The maximum absolute atomic E-state index is 12.7. The highest BCUT2D eigenvalue weighted by atomic mass is 32.2. The Labute approximate surface area is 174 Å². The standard InChI is InChI=1S/C20H26N6O2S/c1-15-6-4-10-24(12-15)19(28)14-29-20-23-22-17(13-25-11-5-8-18(25)27)26(20)16-7-2-3-9-21-16/h2-3,7,9,15H,4-6,8,10-14H2,1H3/t15-/m0/s1. The zero-order chi connectivity index (χ0) is 20.2. The Bertz CT molecular complexity index is 871. The molecule has 1 atom stereocenters. The molecule has 29 heavy (non-hydrogen) atoms. The van der Waals surface area contributed by atoms with Crippen molar-refractivity contribution in [3.05, 3.63) is 30.2 Å². The van der Waals surface area contributed by atoms with Crippen LogP contribution in [0.1, 0.15) is 38.4 Å². The smallest absolute Gasteiger partial charge is 0.233 e. The first-order valence-corrected chi connectivity index (χ1v) is 11.1. The Morgan fingerprint density at radius 2 is 2.14 bits per heavy atom. The normalized spacial score (nSPS) is 19.8. The van der Waals surface area contributed by atoms with Crippen molar-refractivity contribution in [2.75, 3.05) is 25.4 Å². The van der Waals surface area contributed by atoms with E-state index in [4.69, 9.17) is 0 Å². The third-order valence-electron chi connectivity index (χ3n) is 5.42. The summed E-state index contributed by atoms with van der Waals surface area (Å²) in [4.78, 5) is 32.9. The van der Waals surface area contributed by atoms with E-state index in [1.165, 1.54) is 18.2 Å². The number of likely N-dealkylation sites (tertiary alicyclic amines) is 2. The SMILES string of the molecule is C[C@H]1CCCN(C(=O)CSc2nnc(CN3CCCC3=O)n2-c2ccccn2)C1. The van der Waals surface area contributed by atoms with Gasteiger partial charge in [0.2, 0.25) is 11.8 Å². The van der Waals surface area contributed by atoms with E-state index in [0.717, 1.165) is 32.5 Å². The van der Waals surface area contributed by atoms with Crippen molar-refractivity contribution in [1.29, 1.82) is 0 Å². The molecule has 2 fully saturated rings. The number of hydrogen-bond donors (Lipinski definition) is 0. The van der Waals surface area contributed by atoms with Gasteiger partial charge in [0.25, 0.3) is 0 Å². The van der Waals surface area contributed by atoms with Crippen molar-refractivity contribution in [3.63, 3.8) is 0 Å². The summed E-state index contributed by atoms with van der Waals surface area (Å²) < 4.78 is 1.86. The average molecular weight is 415 g/mol. The highest BCUT2D eigenvalue weighted by molar-refractivity contribution is 7.99. The van der Waals surface area contributed by atoms with Gasteiger partial charge in [0, 0.05) is 32.3 Å². The van der Waals surface area contributed by atoms with Crippen LogP contribution in [-0.2, 0) is 16.1 Å². The monoisotopic (exact) mass is 414 g/mol. The minimum Gasteiger partial charge on any atom is -0.342 e. The molecule has 2 aromatic rings. The average Bonchev–Trinajstić information content (AvgIpc) is 3.33. The van der Waals surface area contributed by atoms with Gasteiger partial charge in [-0.1, -0.05) is 24.8 Å². The van der Waals surface area contributed by atoms with Crippen LogP contribution in [0.15, 0.2) is 29.6 Å². The molecule has 0 spiro atoms. The summed E-state index contributed by atoms with van der Waals surface area (Å²) in [6.07, 6.45) is 5.43. The number of amides is 2. The van der Waals surface area contributed by atoms with Crippen molar-refractivity contribution < 1.29 is 9.59 Å². The molecule has 0 bridgehead atoms. The second-order valence-corrected chi connectivity index (χ2v) is 8.66. The molecule has 2 aliphatic rings. The fraction of sp³-hybridized carbons (Fsp3) is 0.550. The van der Waals surface area contributed by atoms with Crippen molar-refractivity contribution >= 4 is 23.6 Å². The predicted molar refractivity (Wildman–Crippen MR) is 110 cm³/mol. The van der Waals surface area contributed by atoms with Crippen LogP contribution in [0.3, 0.4) is 0 Å². The number of hydrogen-bond acceptors (Lipinski definition) is 6. The third-order valence-corrected chi connectivity index (χ3v) is 6.33. The summed E-state index contributed by atoms with van der Waals surface area (Å²) in [6.45, 7) is 4.99. The summed E-state index contributed by atoms with van der Waals surface area (Å²) in [7, 11) is 0. The van der Waals surface area contributed by atoms with Gasteiger partial charge in [0.15, 0.2) is 11.0 Å². The lowest BCUT2D eigenvalue weighted by Gasteiger charge is -2.30.